The molecule has 0 heterocycles. The topological polar surface area (TPSA) is 49.8 Å². The SMILES string of the molecule is N#Cc1ccc(-c2cc(Cl)ccc2Cl)cc1N. The number of nitrogen functional groups attached to an aromatic ring is 1. The largest absolute Gasteiger partial charge is 0.398 e. The Labute approximate surface area is 109 Å². The minimum Gasteiger partial charge on any atom is -0.398 e. The molecule has 2 N–H and O–H groups in total. The van der Waals surface area contributed by atoms with E-state index in [4.69, 9.17) is 34.2 Å². The van der Waals surface area contributed by atoms with Gasteiger partial charge in [-0.1, -0.05) is 29.3 Å². The van der Waals surface area contributed by atoms with Crippen molar-refractivity contribution < 1.29 is 0 Å². The lowest BCUT2D eigenvalue weighted by Gasteiger charge is -2.07. The van der Waals surface area contributed by atoms with Crippen molar-refractivity contribution in [1.82, 2.24) is 0 Å². The van der Waals surface area contributed by atoms with Gasteiger partial charge in [-0.2, -0.15) is 5.26 Å². The smallest absolute Gasteiger partial charge is 0.101 e. The molecule has 0 aliphatic carbocycles. The number of hydrogen-bond acceptors (Lipinski definition) is 2. The van der Waals surface area contributed by atoms with Crippen LogP contribution in [-0.4, -0.2) is 0 Å². The van der Waals surface area contributed by atoms with Crippen LogP contribution in [0.1, 0.15) is 5.56 Å². The Hall–Kier alpha value is -1.69. The van der Waals surface area contributed by atoms with Gasteiger partial charge in [-0.15, -0.1) is 0 Å². The second-order valence-electron chi connectivity index (χ2n) is 3.54. The number of rotatable bonds is 1. The zero-order valence-corrected chi connectivity index (χ0v) is 10.3. The van der Waals surface area contributed by atoms with Gasteiger partial charge in [-0.05, 0) is 35.9 Å². The first-order chi connectivity index (χ1) is 8.11. The minimum atomic E-state index is 0.432. The van der Waals surface area contributed by atoms with Gasteiger partial charge in [0.05, 0.1) is 11.3 Å². The van der Waals surface area contributed by atoms with E-state index in [1.54, 1.807) is 36.4 Å². The van der Waals surface area contributed by atoms with Crippen LogP contribution in [0.4, 0.5) is 5.69 Å². The highest BCUT2D eigenvalue weighted by molar-refractivity contribution is 6.35. The summed E-state index contributed by atoms with van der Waals surface area (Å²) in [4.78, 5) is 0. The standard InChI is InChI=1S/C13H8Cl2N2/c14-10-3-4-12(15)11(6-10)8-1-2-9(7-16)13(17)5-8/h1-6H,17H2. The average Bonchev–Trinajstić information content (AvgIpc) is 2.32. The molecule has 2 aromatic carbocycles. The fraction of sp³-hybridized carbons (Fsp3) is 0. The molecule has 0 aliphatic heterocycles. The van der Waals surface area contributed by atoms with Gasteiger partial charge in [-0.25, -0.2) is 0 Å². The van der Waals surface area contributed by atoms with E-state index < -0.39 is 0 Å². The number of nitrogens with zero attached hydrogens (tertiary/aromatic N) is 1. The first-order valence-corrected chi connectivity index (χ1v) is 5.62. The summed E-state index contributed by atoms with van der Waals surface area (Å²) >= 11 is 12.0. The predicted octanol–water partition coefficient (Wildman–Crippen LogP) is 4.11. The molecule has 0 fully saturated rings. The Morgan fingerprint density at radius 2 is 1.82 bits per heavy atom. The molecule has 0 saturated heterocycles. The van der Waals surface area contributed by atoms with Gasteiger partial charge in [0, 0.05) is 15.6 Å². The lowest BCUT2D eigenvalue weighted by molar-refractivity contribution is 1.48. The number of halogens is 2. The number of anilines is 1. The molecule has 0 saturated carbocycles. The summed E-state index contributed by atoms with van der Waals surface area (Å²) in [6, 6.07) is 12.4. The summed E-state index contributed by atoms with van der Waals surface area (Å²) in [6.07, 6.45) is 0. The molecule has 17 heavy (non-hydrogen) atoms. The molecular weight excluding hydrogens is 255 g/mol. The first kappa shape index (κ1) is 11.8. The Balaban J connectivity index is 2.58. The predicted molar refractivity (Wildman–Crippen MR) is 71.0 cm³/mol. The molecule has 0 amide bonds. The normalized spacial score (nSPS) is 9.94. The summed E-state index contributed by atoms with van der Waals surface area (Å²) < 4.78 is 0. The average molecular weight is 263 g/mol. The van der Waals surface area contributed by atoms with Crippen molar-refractivity contribution in [3.63, 3.8) is 0 Å². The molecule has 2 aromatic rings. The van der Waals surface area contributed by atoms with E-state index in [1.165, 1.54) is 0 Å². The van der Waals surface area contributed by atoms with E-state index in [0.717, 1.165) is 11.1 Å². The van der Waals surface area contributed by atoms with Crippen molar-refractivity contribution in [2.75, 3.05) is 5.73 Å². The molecule has 4 heteroatoms. The molecule has 0 aliphatic rings. The zero-order valence-electron chi connectivity index (χ0n) is 8.74. The summed E-state index contributed by atoms with van der Waals surface area (Å²) in [6.45, 7) is 0. The molecule has 0 spiro atoms. The van der Waals surface area contributed by atoms with Crippen LogP contribution in [0.25, 0.3) is 11.1 Å². The Morgan fingerprint density at radius 3 is 2.47 bits per heavy atom. The van der Waals surface area contributed by atoms with Crippen molar-refractivity contribution in [3.05, 3.63) is 52.0 Å². The molecule has 0 aromatic heterocycles. The van der Waals surface area contributed by atoms with Crippen molar-refractivity contribution in [2.24, 2.45) is 0 Å². The molecular formula is C13H8Cl2N2. The third-order valence-electron chi connectivity index (χ3n) is 2.41. The number of nitrogens with two attached hydrogens (primary N) is 1. The maximum Gasteiger partial charge on any atom is 0.101 e. The van der Waals surface area contributed by atoms with Crippen LogP contribution in [0.2, 0.25) is 10.0 Å². The van der Waals surface area contributed by atoms with E-state index >= 15 is 0 Å². The van der Waals surface area contributed by atoms with Gasteiger partial charge in [0.1, 0.15) is 6.07 Å². The monoisotopic (exact) mass is 262 g/mol. The van der Waals surface area contributed by atoms with Gasteiger partial charge < -0.3 is 5.73 Å². The Bertz CT molecular complexity index is 615. The highest BCUT2D eigenvalue weighted by Gasteiger charge is 2.06. The second kappa shape index (κ2) is 4.67. The van der Waals surface area contributed by atoms with Gasteiger partial charge >= 0.3 is 0 Å². The lowest BCUT2D eigenvalue weighted by Crippen LogP contribution is -1.91. The van der Waals surface area contributed by atoms with Crippen LogP contribution in [0.15, 0.2) is 36.4 Å². The van der Waals surface area contributed by atoms with Crippen LogP contribution in [-0.2, 0) is 0 Å². The van der Waals surface area contributed by atoms with Crippen LogP contribution >= 0.6 is 23.2 Å². The summed E-state index contributed by atoms with van der Waals surface area (Å²) in [5.41, 5.74) is 8.28. The fourth-order valence-electron chi connectivity index (χ4n) is 1.55. The summed E-state index contributed by atoms with van der Waals surface area (Å²) in [5, 5.41) is 10.0. The van der Waals surface area contributed by atoms with Crippen molar-refractivity contribution in [3.8, 4) is 17.2 Å². The molecule has 0 radical (unpaired) electrons. The van der Waals surface area contributed by atoms with E-state index in [-0.39, 0.29) is 0 Å². The molecule has 2 rings (SSSR count). The van der Waals surface area contributed by atoms with E-state index in [9.17, 15) is 0 Å². The number of benzene rings is 2. The third-order valence-corrected chi connectivity index (χ3v) is 2.98. The fourth-order valence-corrected chi connectivity index (χ4v) is 1.95. The molecule has 2 nitrogen and oxygen atoms in total. The van der Waals surface area contributed by atoms with E-state index in [1.807, 2.05) is 6.07 Å². The van der Waals surface area contributed by atoms with E-state index in [2.05, 4.69) is 0 Å². The van der Waals surface area contributed by atoms with Crippen molar-refractivity contribution >= 4 is 28.9 Å². The van der Waals surface area contributed by atoms with Gasteiger partial charge in [0.15, 0.2) is 0 Å². The maximum atomic E-state index is 8.80. The number of hydrogen-bond donors (Lipinski definition) is 1. The molecule has 0 unspecified atom stereocenters. The highest BCUT2D eigenvalue weighted by Crippen LogP contribution is 2.32. The van der Waals surface area contributed by atoms with Crippen LogP contribution < -0.4 is 5.73 Å². The van der Waals surface area contributed by atoms with E-state index in [0.29, 0.717) is 21.3 Å². The highest BCUT2D eigenvalue weighted by atomic mass is 35.5. The quantitative estimate of drug-likeness (QED) is 0.787. The Morgan fingerprint density at radius 1 is 1.06 bits per heavy atom. The van der Waals surface area contributed by atoms with Gasteiger partial charge in [-0.3, -0.25) is 0 Å². The van der Waals surface area contributed by atoms with Crippen LogP contribution in [0.3, 0.4) is 0 Å². The summed E-state index contributed by atoms with van der Waals surface area (Å²) in [5.74, 6) is 0. The van der Waals surface area contributed by atoms with Gasteiger partial charge in [0.2, 0.25) is 0 Å². The number of nitriles is 1. The first-order valence-electron chi connectivity index (χ1n) is 4.87. The molecule has 0 atom stereocenters. The summed E-state index contributed by atoms with van der Waals surface area (Å²) in [7, 11) is 0. The van der Waals surface area contributed by atoms with Crippen LogP contribution in [0.5, 0.6) is 0 Å². The zero-order chi connectivity index (χ0) is 12.4. The molecule has 0 bridgehead atoms. The molecule has 84 valence electrons. The van der Waals surface area contributed by atoms with Gasteiger partial charge in [0.25, 0.3) is 0 Å². The van der Waals surface area contributed by atoms with Crippen molar-refractivity contribution in [2.45, 2.75) is 0 Å². The minimum absolute atomic E-state index is 0.432. The maximum absolute atomic E-state index is 8.80. The third kappa shape index (κ3) is 2.36. The Kier molecular flexibility index (Phi) is 3.23. The van der Waals surface area contributed by atoms with Crippen molar-refractivity contribution in [1.29, 1.82) is 5.26 Å². The lowest BCUT2D eigenvalue weighted by atomic mass is 10.0. The second-order valence-corrected chi connectivity index (χ2v) is 4.38. The van der Waals surface area contributed by atoms with Crippen LogP contribution in [0, 0.1) is 11.3 Å².